The van der Waals surface area contributed by atoms with E-state index in [-0.39, 0.29) is 15.0 Å². The van der Waals surface area contributed by atoms with Crippen molar-refractivity contribution in [3.63, 3.8) is 0 Å². The van der Waals surface area contributed by atoms with E-state index >= 15 is 0 Å². The first kappa shape index (κ1) is 18.5. The summed E-state index contributed by atoms with van der Waals surface area (Å²) < 4.78 is 9.25. The quantitative estimate of drug-likeness (QED) is 0.433. The molecule has 0 radical (unpaired) electrons. The van der Waals surface area contributed by atoms with Crippen molar-refractivity contribution in [2.45, 2.75) is 30.8 Å². The van der Waals surface area contributed by atoms with Crippen molar-refractivity contribution in [3.8, 4) is 0 Å². The number of ketones is 2. The number of nitrogens with zero attached hydrogens (tertiary/aromatic N) is 3. The Balaban J connectivity index is 1.52. The van der Waals surface area contributed by atoms with Gasteiger partial charge in [0.05, 0.1) is 0 Å². The molecule has 3 heterocycles. The summed E-state index contributed by atoms with van der Waals surface area (Å²) >= 11 is 2.03. The summed E-state index contributed by atoms with van der Waals surface area (Å²) in [5.41, 5.74) is 1.58. The van der Waals surface area contributed by atoms with E-state index in [2.05, 4.69) is 27.8 Å². The second-order valence-electron chi connectivity index (χ2n) is 7.47. The van der Waals surface area contributed by atoms with E-state index < -0.39 is 23.2 Å². The summed E-state index contributed by atoms with van der Waals surface area (Å²) in [6.45, 7) is 3.82. The maximum atomic E-state index is 13.0. The number of carbonyl (C=O) groups is 2. The normalized spacial score (nSPS) is 19.9. The molecule has 3 aromatic rings. The molecule has 8 heteroatoms. The number of fused-ring (bicyclic) bond motifs is 2. The fourth-order valence-corrected chi connectivity index (χ4v) is 6.70. The molecule has 2 aliphatic rings. The van der Waals surface area contributed by atoms with Crippen LogP contribution in [0.4, 0.5) is 0 Å². The van der Waals surface area contributed by atoms with Gasteiger partial charge in [0.25, 0.3) is 0 Å². The average Bonchev–Trinajstić information content (AvgIpc) is 3.43. The molecule has 1 aliphatic carbocycles. The number of benzene rings is 1. The second-order valence-corrected chi connectivity index (χ2v) is 11.1. The van der Waals surface area contributed by atoms with Gasteiger partial charge in [0.2, 0.25) is 0 Å². The van der Waals surface area contributed by atoms with Crippen LogP contribution in [-0.2, 0) is 14.9 Å². The Kier molecular flexibility index (Phi) is 4.31. The van der Waals surface area contributed by atoms with Crippen LogP contribution < -0.4 is 3.78 Å². The number of carbonyl (C=O) groups excluding carboxylic acids is 2. The van der Waals surface area contributed by atoms with Crippen molar-refractivity contribution in [3.05, 3.63) is 70.4 Å². The average molecular weight is 470 g/mol. The van der Waals surface area contributed by atoms with Gasteiger partial charge in [-0.3, -0.25) is 0 Å². The molecule has 0 spiro atoms. The van der Waals surface area contributed by atoms with Gasteiger partial charge in [0.15, 0.2) is 0 Å². The van der Waals surface area contributed by atoms with Gasteiger partial charge >= 0.3 is 178 Å². The minimum atomic E-state index is -0.734. The third kappa shape index (κ3) is 2.99. The molecular formula is C21H17N3O3SSe. The van der Waals surface area contributed by atoms with Gasteiger partial charge < -0.3 is 0 Å². The van der Waals surface area contributed by atoms with Crippen LogP contribution in [0.3, 0.4) is 0 Å². The molecule has 0 fully saturated rings. The molecule has 1 unspecified atom stereocenters. The maximum absolute atomic E-state index is 13.0. The van der Waals surface area contributed by atoms with Crippen LogP contribution in [0.2, 0.25) is 0 Å². The zero-order chi connectivity index (χ0) is 20.2. The van der Waals surface area contributed by atoms with E-state index in [1.807, 2.05) is 32.2 Å². The van der Waals surface area contributed by atoms with E-state index in [1.54, 1.807) is 28.2 Å². The first-order chi connectivity index (χ1) is 14.0. The minimum absolute atomic E-state index is 0.288. The molecule has 146 valence electrons. The summed E-state index contributed by atoms with van der Waals surface area (Å²) in [6.07, 6.45) is 1.87. The summed E-state index contributed by atoms with van der Waals surface area (Å²) in [6, 6.07) is 10.8. The molecule has 2 aromatic heterocycles. The topological polar surface area (TPSA) is 74.1 Å². The Bertz CT molecular complexity index is 1160. The first-order valence-corrected chi connectivity index (χ1v) is 12.1. The summed E-state index contributed by atoms with van der Waals surface area (Å²) in [7, 11) is 0. The zero-order valence-corrected chi connectivity index (χ0v) is 18.3. The van der Waals surface area contributed by atoms with E-state index in [9.17, 15) is 9.59 Å². The summed E-state index contributed by atoms with van der Waals surface area (Å²) in [5, 5.41) is 11.5. The van der Waals surface area contributed by atoms with Crippen molar-refractivity contribution in [1.29, 1.82) is 0 Å². The van der Waals surface area contributed by atoms with Gasteiger partial charge in [0, 0.05) is 0 Å². The molecule has 0 saturated heterocycles. The van der Waals surface area contributed by atoms with Gasteiger partial charge in [-0.15, -0.1) is 0 Å². The Morgan fingerprint density at radius 1 is 1.14 bits per heavy atom. The molecule has 6 nitrogen and oxygen atoms in total. The molecule has 0 amide bonds. The van der Waals surface area contributed by atoms with Crippen molar-refractivity contribution >= 4 is 47.4 Å². The third-order valence-electron chi connectivity index (χ3n) is 5.09. The molecule has 0 bridgehead atoms. The van der Waals surface area contributed by atoms with Crippen LogP contribution in [0.25, 0.3) is 5.76 Å². The van der Waals surface area contributed by atoms with Crippen LogP contribution >= 0.6 is 11.3 Å². The monoisotopic (exact) mass is 471 g/mol. The number of aromatic nitrogens is 3. The number of ether oxygens (including phenoxy) is 1. The van der Waals surface area contributed by atoms with Crippen LogP contribution in [0.5, 0.6) is 0 Å². The van der Waals surface area contributed by atoms with Crippen molar-refractivity contribution < 1.29 is 14.3 Å². The Labute approximate surface area is 177 Å². The molecule has 0 saturated carbocycles. The molecule has 1 aliphatic heterocycles. The van der Waals surface area contributed by atoms with Gasteiger partial charge in [0.1, 0.15) is 0 Å². The van der Waals surface area contributed by atoms with Gasteiger partial charge in [-0.25, -0.2) is 0 Å². The number of hydrogen-bond acceptors (Lipinski definition) is 6. The van der Waals surface area contributed by atoms with Gasteiger partial charge in [-0.05, 0) is 0 Å². The predicted octanol–water partition coefficient (Wildman–Crippen LogP) is 2.40. The van der Waals surface area contributed by atoms with E-state index in [0.29, 0.717) is 22.5 Å². The zero-order valence-electron chi connectivity index (χ0n) is 15.8. The van der Waals surface area contributed by atoms with Crippen LogP contribution in [0.1, 0.15) is 41.5 Å². The van der Waals surface area contributed by atoms with Gasteiger partial charge in [-0.2, -0.15) is 0 Å². The Morgan fingerprint density at radius 2 is 1.93 bits per heavy atom. The third-order valence-corrected chi connectivity index (χ3v) is 8.77. The fraction of sp³-hybridized carbons (Fsp3) is 0.238. The van der Waals surface area contributed by atoms with Crippen molar-refractivity contribution in [2.75, 3.05) is 0 Å². The van der Waals surface area contributed by atoms with Crippen LogP contribution in [0, 0.1) is 0 Å². The molecule has 0 N–H and O–H groups in total. The predicted molar refractivity (Wildman–Crippen MR) is 110 cm³/mol. The van der Waals surface area contributed by atoms with E-state index in [0.717, 1.165) is 11.0 Å². The standard InChI is InChI=1S/C21H17N3O3SSe/c1-21(2)20(24-10-12(22-23-24)11-29-15-8-5-9-28-15)16-18(26)17(25)13-6-3-4-7-14(13)19(16)27-21/h3-10,20H,11H2,1-2H3. The first-order valence-electron chi connectivity index (χ1n) is 9.14. The number of hydrogen-bond donors (Lipinski definition) is 0. The Morgan fingerprint density at radius 3 is 2.69 bits per heavy atom. The second kappa shape index (κ2) is 6.76. The van der Waals surface area contributed by atoms with Crippen LogP contribution in [-0.4, -0.2) is 47.1 Å². The number of thiophene rings is 1. The fourth-order valence-electron chi connectivity index (χ4n) is 3.84. The molecule has 1 aromatic carbocycles. The number of Topliss-reactive ketones (excluding diaryl/α,β-unsaturated/α-hetero) is 2. The van der Waals surface area contributed by atoms with Gasteiger partial charge in [-0.1, -0.05) is 0 Å². The van der Waals surface area contributed by atoms with Crippen molar-refractivity contribution in [2.24, 2.45) is 0 Å². The molecule has 1 atom stereocenters. The number of rotatable bonds is 4. The molecule has 5 rings (SSSR count). The SMILES string of the molecule is CC1(C)OC2=C(C(=O)C(=O)c3ccccc32)C1n1cc(C[Se]c2cccs2)nn1. The van der Waals surface area contributed by atoms with E-state index in [4.69, 9.17) is 4.74 Å². The van der Waals surface area contributed by atoms with Crippen molar-refractivity contribution in [1.82, 2.24) is 15.0 Å². The molecule has 29 heavy (non-hydrogen) atoms. The van der Waals surface area contributed by atoms with E-state index in [1.165, 1.54) is 3.78 Å². The summed E-state index contributed by atoms with van der Waals surface area (Å²) in [4.78, 5) is 25.7. The van der Waals surface area contributed by atoms with Crippen LogP contribution in [0.15, 0.2) is 53.5 Å². The molecular weight excluding hydrogens is 453 g/mol. The summed E-state index contributed by atoms with van der Waals surface area (Å²) in [5.74, 6) is -0.527. The Hall–Kier alpha value is -2.54.